The Morgan fingerprint density at radius 2 is 1.72 bits per heavy atom. The second kappa shape index (κ2) is 18.2. The molecule has 2 unspecified atom stereocenters. The molecular weight excluding hydrogens is 928 g/mol. The Balaban J connectivity index is 1.61. The van der Waals surface area contributed by atoms with E-state index in [-0.39, 0.29) is 61.0 Å². The minimum absolute atomic E-state index is 0.00385. The van der Waals surface area contributed by atoms with Crippen LogP contribution in [0.4, 0.5) is 49.7 Å². The number of rotatable bonds is 13. The van der Waals surface area contributed by atoms with E-state index in [0.717, 1.165) is 24.1 Å². The number of carbonyl (C=O) groups is 1. The molecule has 0 bridgehead atoms. The van der Waals surface area contributed by atoms with Gasteiger partial charge in [-0.05, 0) is 68.0 Å². The number of halogens is 11. The summed E-state index contributed by atoms with van der Waals surface area (Å²) in [5.41, 5.74) is -4.13. The number of aliphatic hydroxyl groups excluding tert-OH is 1. The van der Waals surface area contributed by atoms with Crippen molar-refractivity contribution >= 4 is 57.0 Å². The fourth-order valence-electron chi connectivity index (χ4n) is 7.43. The third-order valence-corrected chi connectivity index (χ3v) is 13.0. The zero-order valence-corrected chi connectivity index (χ0v) is 36.7. The van der Waals surface area contributed by atoms with E-state index in [1.165, 1.54) is 41.8 Å². The lowest BCUT2D eigenvalue weighted by atomic mass is 9.93. The van der Waals surface area contributed by atoms with Crippen LogP contribution in [0.5, 0.6) is 0 Å². The van der Waals surface area contributed by atoms with Crippen LogP contribution in [-0.4, -0.2) is 76.4 Å². The summed E-state index contributed by atoms with van der Waals surface area (Å²) < 4.78 is 159. The van der Waals surface area contributed by atoms with Gasteiger partial charge in [-0.1, -0.05) is 42.5 Å². The second-order valence-corrected chi connectivity index (χ2v) is 18.6. The molecule has 0 spiro atoms. The van der Waals surface area contributed by atoms with Gasteiger partial charge in [0.05, 0.1) is 40.8 Å². The first-order chi connectivity index (χ1) is 29.7. The zero-order chi connectivity index (χ0) is 47.3. The van der Waals surface area contributed by atoms with Crippen molar-refractivity contribution in [2.24, 2.45) is 0 Å². The van der Waals surface area contributed by atoms with Crippen LogP contribution in [0.2, 0.25) is 5.02 Å². The normalized spacial score (nSPS) is 16.0. The Morgan fingerprint density at radius 1 is 1.06 bits per heavy atom. The summed E-state index contributed by atoms with van der Waals surface area (Å²) in [5.74, 6) is -2.84. The molecule has 3 atom stereocenters. The highest BCUT2D eigenvalue weighted by Crippen LogP contribution is 2.52. The van der Waals surface area contributed by atoms with Gasteiger partial charge in [-0.2, -0.15) is 45.3 Å². The number of carbonyl (C=O) groups excluding carboxylic acids is 1. The lowest BCUT2D eigenvalue weighted by molar-refractivity contribution is -0.143. The quantitative estimate of drug-likeness (QED) is 0.0683. The lowest BCUT2D eigenvalue weighted by Gasteiger charge is -2.23. The Morgan fingerprint density at radius 3 is 2.31 bits per heavy atom. The maximum Gasteiger partial charge on any atom is 0.435 e. The van der Waals surface area contributed by atoms with Crippen molar-refractivity contribution in [2.75, 3.05) is 30.0 Å². The van der Waals surface area contributed by atoms with Gasteiger partial charge in [-0.15, -0.1) is 0 Å². The van der Waals surface area contributed by atoms with E-state index in [9.17, 15) is 49.2 Å². The standard InChI is InChI=1S/C41H38ClF10N7O3S2/c1-21-18-39(45,46)36-31(21)35(41(50,51)52)55-57(36)19-30(61)54-29(16-22-14-23(43)17-24(44)15-22)33-26(7-6-25(53-33)10-11-38(2,3)64(5)62)27-8-9-28(42)32-34(27)58(20-40(47,48)49)56-37(32)59(63-4)12-13-60/h6-9,14-15,17,21,29,60H,12-13,16,18-20H2,1-5H3,(H,54,61)/t21-,29?,64?/m0/s1. The van der Waals surface area contributed by atoms with E-state index in [2.05, 4.69) is 32.3 Å². The summed E-state index contributed by atoms with van der Waals surface area (Å²) in [5, 5.41) is 19.9. The number of aliphatic hydroxyl groups is 1. The number of nitrogens with zero attached hydrogens (tertiary/aromatic N) is 6. The van der Waals surface area contributed by atoms with Crippen LogP contribution in [0.1, 0.15) is 73.1 Å². The molecule has 1 aliphatic carbocycles. The van der Waals surface area contributed by atoms with Crippen molar-refractivity contribution in [1.82, 2.24) is 29.9 Å². The molecule has 6 rings (SSSR count). The highest BCUT2D eigenvalue weighted by molar-refractivity contribution is 8.00. The highest BCUT2D eigenvalue weighted by Gasteiger charge is 2.53. The van der Waals surface area contributed by atoms with E-state index >= 15 is 8.78 Å². The molecule has 64 heavy (non-hydrogen) atoms. The molecule has 2 N–H and O–H groups in total. The third-order valence-electron chi connectivity index (χ3n) is 10.3. The van der Waals surface area contributed by atoms with Crippen LogP contribution in [0, 0.1) is 23.5 Å². The molecule has 1 amide bonds. The first kappa shape index (κ1) is 48.6. The molecule has 1 aliphatic rings. The summed E-state index contributed by atoms with van der Waals surface area (Å²) in [6.07, 6.45) is -8.55. The number of aromatic nitrogens is 5. The van der Waals surface area contributed by atoms with Crippen LogP contribution < -0.4 is 9.62 Å². The smallest absolute Gasteiger partial charge is 0.394 e. The van der Waals surface area contributed by atoms with E-state index in [1.807, 2.05) is 0 Å². The number of hydrogen-bond acceptors (Lipinski definition) is 8. The van der Waals surface area contributed by atoms with Crippen LogP contribution in [0.3, 0.4) is 0 Å². The van der Waals surface area contributed by atoms with Crippen molar-refractivity contribution in [3.8, 4) is 23.0 Å². The first-order valence-corrected chi connectivity index (χ1v) is 22.2. The van der Waals surface area contributed by atoms with Crippen molar-refractivity contribution in [1.29, 1.82) is 0 Å². The second-order valence-electron chi connectivity index (χ2n) is 15.4. The monoisotopic (exact) mass is 965 g/mol. The van der Waals surface area contributed by atoms with Crippen LogP contribution in [-0.2, 0) is 47.2 Å². The molecule has 5 aromatic rings. The molecule has 10 nitrogen and oxygen atoms in total. The summed E-state index contributed by atoms with van der Waals surface area (Å²) in [6, 6.07) is 6.23. The maximum atomic E-state index is 15.3. The number of benzene rings is 2. The maximum absolute atomic E-state index is 15.3. The fraction of sp³-hybridized carbons (Fsp3) is 0.415. The number of pyridine rings is 1. The summed E-state index contributed by atoms with van der Waals surface area (Å²) in [6.45, 7) is 0.947. The van der Waals surface area contributed by atoms with Gasteiger partial charge in [0.15, 0.2) is 11.5 Å². The molecule has 0 saturated carbocycles. The minimum atomic E-state index is -5.17. The molecule has 2 aromatic carbocycles. The Hall–Kier alpha value is -4.85. The van der Waals surface area contributed by atoms with Gasteiger partial charge in [0, 0.05) is 52.5 Å². The molecule has 0 fully saturated rings. The van der Waals surface area contributed by atoms with Crippen LogP contribution in [0.25, 0.3) is 22.0 Å². The first-order valence-electron chi connectivity index (χ1n) is 19.1. The fourth-order valence-corrected chi connectivity index (χ4v) is 8.43. The van der Waals surface area contributed by atoms with Gasteiger partial charge in [-0.3, -0.25) is 22.7 Å². The van der Waals surface area contributed by atoms with Crippen LogP contribution in [0.15, 0.2) is 42.5 Å². The summed E-state index contributed by atoms with van der Waals surface area (Å²) >= 11 is 7.70. The van der Waals surface area contributed by atoms with Gasteiger partial charge >= 0.3 is 12.4 Å². The SMILES string of the molecule is CSN(CCO)c1nn(CC(F)(F)F)c2c(-c3ccc(C#CC(C)(C)S(C)=O)nc3C(Cc3cc(F)cc(F)c3)NC(=O)Cn3nc(C(F)(F)F)c4c3C(F)(F)C[C@@H]4C)ccc(Cl)c12. The van der Waals surface area contributed by atoms with E-state index in [1.54, 1.807) is 20.1 Å². The topological polar surface area (TPSA) is 118 Å². The molecule has 3 heterocycles. The van der Waals surface area contributed by atoms with Gasteiger partial charge < -0.3 is 10.4 Å². The summed E-state index contributed by atoms with van der Waals surface area (Å²) in [7, 11) is -1.50. The molecular formula is C41H38ClF10N7O3S2. The molecule has 344 valence electrons. The van der Waals surface area contributed by atoms with Crippen molar-refractivity contribution in [3.63, 3.8) is 0 Å². The molecule has 23 heteroatoms. The molecule has 0 radical (unpaired) electrons. The van der Waals surface area contributed by atoms with E-state index in [0.29, 0.717) is 10.7 Å². The number of fused-ring (bicyclic) bond motifs is 2. The Labute approximate surface area is 371 Å². The Kier molecular flexibility index (Phi) is 13.8. The lowest BCUT2D eigenvalue weighted by Crippen LogP contribution is -2.35. The van der Waals surface area contributed by atoms with Crippen LogP contribution >= 0.6 is 23.5 Å². The number of anilines is 1. The van der Waals surface area contributed by atoms with Crippen molar-refractivity contribution in [3.05, 3.63) is 93.0 Å². The average molecular weight is 966 g/mol. The predicted octanol–water partition coefficient (Wildman–Crippen LogP) is 9.09. The number of nitrogens with one attached hydrogen (secondary N) is 1. The Bertz CT molecular complexity index is 2670. The van der Waals surface area contributed by atoms with E-state index in [4.69, 9.17) is 11.6 Å². The number of alkyl halides is 8. The molecule has 0 saturated heterocycles. The summed E-state index contributed by atoms with van der Waals surface area (Å²) in [4.78, 5) is 18.7. The van der Waals surface area contributed by atoms with E-state index < -0.39 is 113 Å². The van der Waals surface area contributed by atoms with Crippen molar-refractivity contribution in [2.45, 2.75) is 81.7 Å². The number of hydrogen-bond donors (Lipinski definition) is 2. The third kappa shape index (κ3) is 10.3. The highest BCUT2D eigenvalue weighted by atomic mass is 35.5. The van der Waals surface area contributed by atoms with Gasteiger partial charge in [0.25, 0.3) is 5.92 Å². The predicted molar refractivity (Wildman–Crippen MR) is 222 cm³/mol. The van der Waals surface area contributed by atoms with Gasteiger partial charge in [-0.25, -0.2) is 13.8 Å². The average Bonchev–Trinajstić information content (AvgIpc) is 3.82. The molecule has 0 aliphatic heterocycles. The zero-order valence-electron chi connectivity index (χ0n) is 34.4. The minimum Gasteiger partial charge on any atom is -0.394 e. The van der Waals surface area contributed by atoms with Gasteiger partial charge in [0.2, 0.25) is 5.91 Å². The van der Waals surface area contributed by atoms with Gasteiger partial charge in [0.1, 0.15) is 40.9 Å². The largest absolute Gasteiger partial charge is 0.435 e. The van der Waals surface area contributed by atoms with Crippen molar-refractivity contribution < 1.29 is 58.0 Å². The number of amides is 1. The molecule has 3 aromatic heterocycles.